The number of hydrogen-bond donors (Lipinski definition) is 2. The van der Waals surface area contributed by atoms with Crippen molar-refractivity contribution in [2.24, 2.45) is 11.8 Å². The van der Waals surface area contributed by atoms with Crippen LogP contribution in [0.1, 0.15) is 47.6 Å². The van der Waals surface area contributed by atoms with Crippen molar-refractivity contribution in [2.75, 3.05) is 13.2 Å². The predicted molar refractivity (Wildman–Crippen MR) is 171 cm³/mol. The van der Waals surface area contributed by atoms with Gasteiger partial charge in [-0.25, -0.2) is 0 Å². The third kappa shape index (κ3) is 8.77. The van der Waals surface area contributed by atoms with Crippen LogP contribution in [0.2, 0.25) is 0 Å². The molecule has 2 amide bonds. The molecule has 1 heterocycles. The third-order valence-electron chi connectivity index (χ3n) is 8.13. The Morgan fingerprint density at radius 3 is 2.16 bits per heavy atom. The number of ether oxygens (including phenoxy) is 1. The average molecular weight is 595 g/mol. The van der Waals surface area contributed by atoms with Gasteiger partial charge in [0.2, 0.25) is 11.8 Å². The number of esters is 1. The number of nitrogens with one attached hydrogen (secondary N) is 1. The molecule has 0 saturated heterocycles. The van der Waals surface area contributed by atoms with Crippen molar-refractivity contribution in [3.8, 4) is 0 Å². The first-order valence-electron chi connectivity index (χ1n) is 15.2. The number of fused-ring (bicyclic) bond motifs is 1. The van der Waals surface area contributed by atoms with Crippen molar-refractivity contribution in [2.45, 2.75) is 50.8 Å². The van der Waals surface area contributed by atoms with Crippen molar-refractivity contribution in [1.29, 1.82) is 0 Å². The van der Waals surface area contributed by atoms with E-state index < -0.39 is 17.9 Å². The van der Waals surface area contributed by atoms with Gasteiger partial charge in [-0.15, -0.1) is 13.2 Å². The Morgan fingerprint density at radius 1 is 0.886 bits per heavy atom. The summed E-state index contributed by atoms with van der Waals surface area (Å²) in [6, 6.07) is 26.6. The maximum absolute atomic E-state index is 13.5. The number of carbonyl (C=O) groups excluding carboxylic acids is 3. The predicted octanol–water partition coefficient (Wildman–Crippen LogP) is 5.35. The quantitative estimate of drug-likeness (QED) is 0.183. The SMILES string of the molecule is C=CC[C@@H](CC(=O)N1Cc2ccccc2C[C@H]1CO)C(=O)NC[C@H](OC(=O)[C@H](CC=C)Cc1ccccc1)c1ccccc1. The minimum Gasteiger partial charge on any atom is -0.455 e. The van der Waals surface area contributed by atoms with E-state index in [0.717, 1.165) is 22.3 Å². The molecule has 1 aliphatic heterocycles. The number of benzene rings is 3. The molecular formula is C37H42N2O5. The minimum absolute atomic E-state index is 0.0230. The van der Waals surface area contributed by atoms with Crippen LogP contribution in [0.5, 0.6) is 0 Å². The van der Waals surface area contributed by atoms with Gasteiger partial charge in [0.15, 0.2) is 0 Å². The molecule has 7 nitrogen and oxygen atoms in total. The fourth-order valence-corrected chi connectivity index (χ4v) is 5.69. The summed E-state index contributed by atoms with van der Waals surface area (Å²) in [6.45, 7) is 7.91. The lowest BCUT2D eigenvalue weighted by Gasteiger charge is -2.36. The molecule has 0 fully saturated rings. The highest BCUT2D eigenvalue weighted by molar-refractivity contribution is 5.86. The van der Waals surface area contributed by atoms with E-state index in [4.69, 9.17) is 4.74 Å². The number of aliphatic hydroxyl groups is 1. The standard InChI is InChI=1S/C37H42N2O5/c1-3-13-30(23-35(41)39-25-32-20-12-11-19-29(32)22-33(39)26-40)36(42)38-24-34(28-17-9-6-10-18-28)44-37(43)31(14-4-2)21-27-15-7-5-8-16-27/h3-12,15-20,30-31,33-34,40H,1-2,13-14,21-26H2,(H,38,42)/t30-,31+,33-,34-/m0/s1. The summed E-state index contributed by atoms with van der Waals surface area (Å²) in [4.78, 5) is 42.0. The normalized spacial score (nSPS) is 16.1. The molecule has 2 N–H and O–H groups in total. The summed E-state index contributed by atoms with van der Waals surface area (Å²) in [7, 11) is 0. The molecule has 4 rings (SSSR count). The summed E-state index contributed by atoms with van der Waals surface area (Å²) >= 11 is 0. The molecule has 0 unspecified atom stereocenters. The lowest BCUT2D eigenvalue weighted by molar-refractivity contribution is -0.154. The summed E-state index contributed by atoms with van der Waals surface area (Å²) in [5.74, 6) is -1.96. The van der Waals surface area contributed by atoms with Crippen LogP contribution >= 0.6 is 0 Å². The lowest BCUT2D eigenvalue weighted by Crippen LogP contribution is -2.47. The molecule has 0 radical (unpaired) electrons. The number of carbonyl (C=O) groups is 3. The molecule has 7 heteroatoms. The Bertz CT molecular complexity index is 1410. The van der Waals surface area contributed by atoms with Crippen LogP contribution < -0.4 is 5.32 Å². The fourth-order valence-electron chi connectivity index (χ4n) is 5.69. The zero-order valence-corrected chi connectivity index (χ0v) is 25.1. The van der Waals surface area contributed by atoms with Crippen molar-refractivity contribution < 1.29 is 24.2 Å². The van der Waals surface area contributed by atoms with Crippen LogP contribution in [0, 0.1) is 11.8 Å². The topological polar surface area (TPSA) is 95.9 Å². The Balaban J connectivity index is 1.43. The highest BCUT2D eigenvalue weighted by atomic mass is 16.5. The second kappa shape index (κ2) is 16.4. The molecule has 0 bridgehead atoms. The van der Waals surface area contributed by atoms with Gasteiger partial charge in [-0.1, -0.05) is 97.1 Å². The van der Waals surface area contributed by atoms with Crippen molar-refractivity contribution >= 4 is 17.8 Å². The summed E-state index contributed by atoms with van der Waals surface area (Å²) < 4.78 is 6.03. The van der Waals surface area contributed by atoms with Gasteiger partial charge in [-0.2, -0.15) is 0 Å². The second-order valence-corrected chi connectivity index (χ2v) is 11.2. The van der Waals surface area contributed by atoms with Crippen molar-refractivity contribution in [3.63, 3.8) is 0 Å². The van der Waals surface area contributed by atoms with E-state index in [1.54, 1.807) is 17.1 Å². The second-order valence-electron chi connectivity index (χ2n) is 11.2. The third-order valence-corrected chi connectivity index (χ3v) is 8.13. The van der Waals surface area contributed by atoms with E-state index >= 15 is 0 Å². The molecule has 44 heavy (non-hydrogen) atoms. The van der Waals surface area contributed by atoms with Crippen LogP contribution in [-0.4, -0.2) is 47.0 Å². The largest absolute Gasteiger partial charge is 0.455 e. The molecule has 0 aliphatic carbocycles. The Labute approximate surface area is 260 Å². The summed E-state index contributed by atoms with van der Waals surface area (Å²) in [5.41, 5.74) is 3.95. The molecule has 3 aromatic carbocycles. The van der Waals surface area contributed by atoms with E-state index in [2.05, 4.69) is 18.5 Å². The maximum Gasteiger partial charge on any atom is 0.310 e. The number of allylic oxidation sites excluding steroid dienone is 2. The van der Waals surface area contributed by atoms with Gasteiger partial charge >= 0.3 is 5.97 Å². The Hall–Kier alpha value is -4.49. The first-order valence-corrected chi connectivity index (χ1v) is 15.2. The van der Waals surface area contributed by atoms with Crippen LogP contribution in [0.3, 0.4) is 0 Å². The molecule has 4 atom stereocenters. The molecule has 1 aliphatic rings. The number of rotatable bonds is 15. The first-order chi connectivity index (χ1) is 21.4. The molecule has 0 spiro atoms. The van der Waals surface area contributed by atoms with E-state index in [0.29, 0.717) is 32.2 Å². The fraction of sp³-hybridized carbons (Fsp3) is 0.324. The highest BCUT2D eigenvalue weighted by Gasteiger charge is 2.32. The van der Waals surface area contributed by atoms with Crippen LogP contribution in [0.25, 0.3) is 0 Å². The molecule has 0 aromatic heterocycles. The highest BCUT2D eigenvalue weighted by Crippen LogP contribution is 2.26. The van der Waals surface area contributed by atoms with Gasteiger partial charge in [0, 0.05) is 13.0 Å². The summed E-state index contributed by atoms with van der Waals surface area (Å²) in [6.07, 6.45) is 4.45. The van der Waals surface area contributed by atoms with Gasteiger partial charge in [-0.05, 0) is 47.9 Å². The van der Waals surface area contributed by atoms with Crippen LogP contribution in [0.4, 0.5) is 0 Å². The van der Waals surface area contributed by atoms with Gasteiger partial charge in [0.05, 0.1) is 31.0 Å². The number of amides is 2. The van der Waals surface area contributed by atoms with E-state index in [1.807, 2.05) is 84.9 Å². The minimum atomic E-state index is -0.715. The number of hydrogen-bond acceptors (Lipinski definition) is 5. The molecule has 3 aromatic rings. The number of nitrogens with zero attached hydrogens (tertiary/aromatic N) is 1. The monoisotopic (exact) mass is 594 g/mol. The van der Waals surface area contributed by atoms with Gasteiger partial charge in [-0.3, -0.25) is 14.4 Å². The van der Waals surface area contributed by atoms with Gasteiger partial charge in [0.25, 0.3) is 0 Å². The van der Waals surface area contributed by atoms with E-state index in [-0.39, 0.29) is 43.4 Å². The lowest BCUT2D eigenvalue weighted by atomic mass is 9.92. The van der Waals surface area contributed by atoms with Crippen LogP contribution in [0.15, 0.2) is 110 Å². The van der Waals surface area contributed by atoms with Crippen molar-refractivity contribution in [3.05, 3.63) is 132 Å². The summed E-state index contributed by atoms with van der Waals surface area (Å²) in [5, 5.41) is 13.0. The molecule has 230 valence electrons. The van der Waals surface area contributed by atoms with E-state index in [9.17, 15) is 19.5 Å². The van der Waals surface area contributed by atoms with Crippen LogP contribution in [-0.2, 0) is 38.5 Å². The maximum atomic E-state index is 13.5. The zero-order valence-electron chi connectivity index (χ0n) is 25.1. The average Bonchev–Trinajstić information content (AvgIpc) is 3.06. The Morgan fingerprint density at radius 2 is 1.50 bits per heavy atom. The zero-order chi connectivity index (χ0) is 31.3. The van der Waals surface area contributed by atoms with E-state index in [1.165, 1.54) is 0 Å². The van der Waals surface area contributed by atoms with Gasteiger partial charge in [0.1, 0.15) is 6.10 Å². The Kier molecular flexibility index (Phi) is 12.1. The van der Waals surface area contributed by atoms with Crippen molar-refractivity contribution in [1.82, 2.24) is 10.2 Å². The van der Waals surface area contributed by atoms with Gasteiger partial charge < -0.3 is 20.1 Å². The smallest absolute Gasteiger partial charge is 0.310 e. The molecular weight excluding hydrogens is 552 g/mol. The number of aliphatic hydroxyl groups excluding tert-OH is 1. The first kappa shape index (κ1) is 32.4. The molecule has 0 saturated carbocycles.